The molecule has 0 atom stereocenters. The summed E-state index contributed by atoms with van der Waals surface area (Å²) in [5.41, 5.74) is 3.06. The molecule has 7 heteroatoms. The fourth-order valence-corrected chi connectivity index (χ4v) is 2.26. The molecule has 3 aromatic rings. The molecule has 26 heavy (non-hydrogen) atoms. The number of carbonyl (C=O) groups is 2. The summed E-state index contributed by atoms with van der Waals surface area (Å²) < 4.78 is 0. The van der Waals surface area contributed by atoms with Gasteiger partial charge in [-0.3, -0.25) is 14.8 Å². The molecule has 2 aromatic heterocycles. The molecule has 0 unspecified atom stereocenters. The minimum atomic E-state index is -0.418. The quantitative estimate of drug-likeness (QED) is 0.671. The fraction of sp³-hybridized carbons (Fsp3) is 0.0526. The van der Waals surface area contributed by atoms with Crippen molar-refractivity contribution >= 4 is 29.0 Å². The van der Waals surface area contributed by atoms with Gasteiger partial charge in [0.05, 0.1) is 23.8 Å². The zero-order valence-electron chi connectivity index (χ0n) is 14.1. The summed E-state index contributed by atoms with van der Waals surface area (Å²) in [7, 11) is 0. The minimum Gasteiger partial charge on any atom is -0.320 e. The second-order valence-electron chi connectivity index (χ2n) is 5.55. The molecule has 2 heterocycles. The van der Waals surface area contributed by atoms with E-state index in [9.17, 15) is 9.59 Å². The number of hydrogen-bond donors (Lipinski definition) is 3. The van der Waals surface area contributed by atoms with E-state index in [1.165, 1.54) is 0 Å². The number of nitrogens with zero attached hydrogens (tertiary/aromatic N) is 2. The van der Waals surface area contributed by atoms with Crippen molar-refractivity contribution in [1.82, 2.24) is 9.97 Å². The van der Waals surface area contributed by atoms with Gasteiger partial charge >= 0.3 is 6.03 Å². The fourth-order valence-electron chi connectivity index (χ4n) is 2.26. The van der Waals surface area contributed by atoms with Crippen molar-refractivity contribution in [1.29, 1.82) is 0 Å². The van der Waals surface area contributed by atoms with E-state index in [0.717, 1.165) is 5.56 Å². The molecule has 0 aliphatic rings. The molecule has 1 aromatic carbocycles. The largest absolute Gasteiger partial charge is 0.323 e. The van der Waals surface area contributed by atoms with Crippen LogP contribution < -0.4 is 16.0 Å². The van der Waals surface area contributed by atoms with Crippen molar-refractivity contribution in [3.63, 3.8) is 0 Å². The van der Waals surface area contributed by atoms with Gasteiger partial charge in [-0.05, 0) is 48.9 Å². The van der Waals surface area contributed by atoms with Gasteiger partial charge in [-0.15, -0.1) is 0 Å². The number of pyridine rings is 2. The second kappa shape index (κ2) is 7.89. The highest BCUT2D eigenvalue weighted by Gasteiger charge is 2.10. The van der Waals surface area contributed by atoms with Gasteiger partial charge < -0.3 is 16.0 Å². The lowest BCUT2D eigenvalue weighted by atomic mass is 10.1. The summed E-state index contributed by atoms with van der Waals surface area (Å²) in [6, 6.07) is 11.5. The first-order chi connectivity index (χ1) is 12.6. The molecular weight excluding hydrogens is 330 g/mol. The number of anilines is 3. The maximum atomic E-state index is 12.4. The topological polar surface area (TPSA) is 96.0 Å². The Morgan fingerprint density at radius 1 is 0.846 bits per heavy atom. The van der Waals surface area contributed by atoms with Gasteiger partial charge in [-0.25, -0.2) is 4.79 Å². The molecule has 7 nitrogen and oxygen atoms in total. The molecule has 0 radical (unpaired) electrons. The van der Waals surface area contributed by atoms with E-state index in [1.807, 2.05) is 13.0 Å². The van der Waals surface area contributed by atoms with Crippen LogP contribution in [0.4, 0.5) is 21.9 Å². The van der Waals surface area contributed by atoms with Crippen LogP contribution in [0.5, 0.6) is 0 Å². The van der Waals surface area contributed by atoms with E-state index in [-0.39, 0.29) is 5.91 Å². The van der Waals surface area contributed by atoms with E-state index >= 15 is 0 Å². The summed E-state index contributed by atoms with van der Waals surface area (Å²) in [5.74, 6) is -0.280. The maximum absolute atomic E-state index is 12.4. The number of rotatable bonds is 4. The molecule has 130 valence electrons. The van der Waals surface area contributed by atoms with Gasteiger partial charge in [0.25, 0.3) is 5.91 Å². The Labute approximate surface area is 150 Å². The second-order valence-corrected chi connectivity index (χ2v) is 5.55. The standard InChI is InChI=1S/C19H17N5O2/c1-13-7-9-21-12-17(13)24-18(25)14-4-2-5-15(10-14)22-19(26)23-16-6-3-8-20-11-16/h2-12H,1H3,(H,24,25)(H2,22,23,26). The molecule has 0 saturated heterocycles. The summed E-state index contributed by atoms with van der Waals surface area (Å²) >= 11 is 0. The van der Waals surface area contributed by atoms with Crippen LogP contribution in [0.2, 0.25) is 0 Å². The molecule has 0 aliphatic heterocycles. The minimum absolute atomic E-state index is 0.280. The molecule has 3 amide bonds. The van der Waals surface area contributed by atoms with Crippen molar-refractivity contribution in [2.75, 3.05) is 16.0 Å². The predicted octanol–water partition coefficient (Wildman–Crippen LogP) is 3.68. The number of aryl methyl sites for hydroxylation is 1. The van der Waals surface area contributed by atoms with Gasteiger partial charge in [0, 0.05) is 23.6 Å². The summed E-state index contributed by atoms with van der Waals surface area (Å²) in [4.78, 5) is 32.4. The molecule has 0 fully saturated rings. The lowest BCUT2D eigenvalue weighted by molar-refractivity contribution is 0.102. The van der Waals surface area contributed by atoms with Crippen LogP contribution in [0.3, 0.4) is 0 Å². The molecule has 0 aliphatic carbocycles. The first-order valence-corrected chi connectivity index (χ1v) is 7.92. The van der Waals surface area contributed by atoms with Crippen molar-refractivity contribution in [3.05, 3.63) is 78.4 Å². The van der Waals surface area contributed by atoms with Crippen molar-refractivity contribution in [2.24, 2.45) is 0 Å². The molecule has 3 N–H and O–H groups in total. The zero-order chi connectivity index (χ0) is 18.4. The lowest BCUT2D eigenvalue weighted by Crippen LogP contribution is -2.20. The maximum Gasteiger partial charge on any atom is 0.323 e. The molecular formula is C19H17N5O2. The summed E-state index contributed by atoms with van der Waals surface area (Å²) in [6.07, 6.45) is 6.42. The van der Waals surface area contributed by atoms with Crippen LogP contribution in [0.1, 0.15) is 15.9 Å². The van der Waals surface area contributed by atoms with Crippen LogP contribution in [-0.4, -0.2) is 21.9 Å². The summed E-state index contributed by atoms with van der Waals surface area (Å²) in [6.45, 7) is 1.89. The average Bonchev–Trinajstić information content (AvgIpc) is 2.64. The van der Waals surface area contributed by atoms with Gasteiger partial charge in [-0.2, -0.15) is 0 Å². The number of hydrogen-bond acceptors (Lipinski definition) is 4. The van der Waals surface area contributed by atoms with Crippen LogP contribution in [-0.2, 0) is 0 Å². The van der Waals surface area contributed by atoms with E-state index in [2.05, 4.69) is 25.9 Å². The zero-order valence-corrected chi connectivity index (χ0v) is 14.1. The van der Waals surface area contributed by atoms with Crippen molar-refractivity contribution < 1.29 is 9.59 Å². The average molecular weight is 347 g/mol. The number of benzene rings is 1. The molecule has 0 bridgehead atoms. The van der Waals surface area contributed by atoms with Gasteiger partial charge in [0.1, 0.15) is 0 Å². The Balaban J connectivity index is 1.67. The Bertz CT molecular complexity index is 928. The number of amides is 3. The van der Waals surface area contributed by atoms with Gasteiger partial charge in [0.15, 0.2) is 0 Å². The SMILES string of the molecule is Cc1ccncc1NC(=O)c1cccc(NC(=O)Nc2cccnc2)c1. The van der Waals surface area contributed by atoms with Crippen LogP contribution in [0.25, 0.3) is 0 Å². The smallest absolute Gasteiger partial charge is 0.320 e. The van der Waals surface area contributed by atoms with Crippen molar-refractivity contribution in [3.8, 4) is 0 Å². The van der Waals surface area contributed by atoms with Crippen LogP contribution in [0, 0.1) is 6.92 Å². The highest BCUT2D eigenvalue weighted by atomic mass is 16.2. The first kappa shape index (κ1) is 17.1. The third-order valence-electron chi connectivity index (χ3n) is 3.59. The van der Waals surface area contributed by atoms with E-state index in [4.69, 9.17) is 0 Å². The normalized spacial score (nSPS) is 10.0. The summed E-state index contributed by atoms with van der Waals surface area (Å²) in [5, 5.41) is 8.16. The molecule has 3 rings (SSSR count). The highest BCUT2D eigenvalue weighted by molar-refractivity contribution is 6.06. The Morgan fingerprint density at radius 2 is 1.62 bits per heavy atom. The Hall–Kier alpha value is -3.74. The molecule has 0 spiro atoms. The number of aromatic nitrogens is 2. The third kappa shape index (κ3) is 4.41. The van der Waals surface area contributed by atoms with E-state index in [1.54, 1.807) is 61.2 Å². The van der Waals surface area contributed by atoms with Gasteiger partial charge in [-0.1, -0.05) is 6.07 Å². The van der Waals surface area contributed by atoms with Crippen molar-refractivity contribution in [2.45, 2.75) is 6.92 Å². The number of nitrogens with one attached hydrogen (secondary N) is 3. The van der Waals surface area contributed by atoms with Crippen LogP contribution >= 0.6 is 0 Å². The van der Waals surface area contributed by atoms with E-state index < -0.39 is 6.03 Å². The van der Waals surface area contributed by atoms with Gasteiger partial charge in [0.2, 0.25) is 0 Å². The Morgan fingerprint density at radius 3 is 2.38 bits per heavy atom. The van der Waals surface area contributed by atoms with Crippen LogP contribution in [0.15, 0.2) is 67.3 Å². The first-order valence-electron chi connectivity index (χ1n) is 7.92. The number of urea groups is 1. The molecule has 0 saturated carbocycles. The Kier molecular flexibility index (Phi) is 5.19. The lowest BCUT2D eigenvalue weighted by Gasteiger charge is -2.10. The third-order valence-corrected chi connectivity index (χ3v) is 3.59. The number of carbonyl (C=O) groups excluding carboxylic acids is 2. The highest BCUT2D eigenvalue weighted by Crippen LogP contribution is 2.16. The predicted molar refractivity (Wildman–Crippen MR) is 100 cm³/mol. The van der Waals surface area contributed by atoms with E-state index in [0.29, 0.717) is 22.6 Å². The monoisotopic (exact) mass is 347 g/mol.